The quantitative estimate of drug-likeness (QED) is 0.615. The second-order valence-electron chi connectivity index (χ2n) is 3.85. The van der Waals surface area contributed by atoms with E-state index in [1.807, 2.05) is 30.3 Å². The molecule has 3 aromatic rings. The molecule has 0 aliphatic rings. The van der Waals surface area contributed by atoms with Crippen LogP contribution in [0.3, 0.4) is 0 Å². The molecule has 88 valence electrons. The molecule has 3 heteroatoms. The van der Waals surface area contributed by atoms with Crippen LogP contribution in [0.1, 0.15) is 9.67 Å². The van der Waals surface area contributed by atoms with Crippen molar-refractivity contribution in [2.45, 2.75) is 0 Å². The number of thiophene rings is 2. The van der Waals surface area contributed by atoms with Crippen LogP contribution in [0.4, 0.5) is 0 Å². The van der Waals surface area contributed by atoms with Gasteiger partial charge >= 0.3 is 0 Å². The highest BCUT2D eigenvalue weighted by Gasteiger charge is 2.07. The molecule has 0 saturated heterocycles. The van der Waals surface area contributed by atoms with Gasteiger partial charge in [0.25, 0.3) is 0 Å². The highest BCUT2D eigenvalue weighted by atomic mass is 32.1. The van der Waals surface area contributed by atoms with E-state index >= 15 is 0 Å². The number of rotatable bonds is 3. The van der Waals surface area contributed by atoms with Gasteiger partial charge in [-0.15, -0.1) is 22.7 Å². The average molecular weight is 270 g/mol. The molecule has 3 rings (SSSR count). The fourth-order valence-corrected chi connectivity index (χ4v) is 3.70. The first-order valence-corrected chi connectivity index (χ1v) is 7.21. The summed E-state index contributed by atoms with van der Waals surface area (Å²) in [5, 5.41) is 0. The Morgan fingerprint density at radius 1 is 0.722 bits per heavy atom. The third-order valence-corrected chi connectivity index (χ3v) is 4.99. The van der Waals surface area contributed by atoms with E-state index in [-0.39, 0.29) is 0 Å². The largest absolute Gasteiger partial charge is 0.297 e. The van der Waals surface area contributed by atoms with Gasteiger partial charge in [-0.1, -0.05) is 30.3 Å². The molecule has 0 atom stereocenters. The SMILES string of the molecule is O=Cc1ccc(-c2ccc(-c3ccccc3)s2)s1. The van der Waals surface area contributed by atoms with E-state index in [9.17, 15) is 4.79 Å². The second-order valence-corrected chi connectivity index (χ2v) is 6.05. The van der Waals surface area contributed by atoms with Gasteiger partial charge in [0.05, 0.1) is 4.88 Å². The minimum absolute atomic E-state index is 0.777. The Kier molecular flexibility index (Phi) is 3.09. The standard InChI is InChI=1S/C15H10OS2/c16-10-12-6-7-14(17-12)15-9-8-13(18-15)11-4-2-1-3-5-11/h1-10H. The van der Waals surface area contributed by atoms with Crippen molar-refractivity contribution >= 4 is 29.0 Å². The summed E-state index contributed by atoms with van der Waals surface area (Å²) in [6.45, 7) is 0. The van der Waals surface area contributed by atoms with E-state index < -0.39 is 0 Å². The van der Waals surface area contributed by atoms with Crippen molar-refractivity contribution in [1.82, 2.24) is 0 Å². The lowest BCUT2D eigenvalue weighted by Crippen LogP contribution is -1.67. The zero-order valence-electron chi connectivity index (χ0n) is 9.50. The summed E-state index contributed by atoms with van der Waals surface area (Å²) in [5.41, 5.74) is 1.24. The van der Waals surface area contributed by atoms with E-state index in [1.165, 1.54) is 26.7 Å². The van der Waals surface area contributed by atoms with Gasteiger partial charge in [-0.05, 0) is 29.8 Å². The van der Waals surface area contributed by atoms with E-state index in [0.717, 1.165) is 16.0 Å². The maximum atomic E-state index is 10.7. The van der Waals surface area contributed by atoms with Gasteiger partial charge in [0.1, 0.15) is 0 Å². The van der Waals surface area contributed by atoms with Crippen LogP contribution >= 0.6 is 22.7 Å². The Hall–Kier alpha value is -1.71. The normalized spacial score (nSPS) is 10.4. The molecule has 0 aliphatic carbocycles. The van der Waals surface area contributed by atoms with E-state index in [1.54, 1.807) is 11.3 Å². The van der Waals surface area contributed by atoms with Crippen molar-refractivity contribution in [3.8, 4) is 20.2 Å². The summed E-state index contributed by atoms with van der Waals surface area (Å²) < 4.78 is 0. The van der Waals surface area contributed by atoms with Crippen LogP contribution in [0, 0.1) is 0 Å². The Labute approximate surface area is 113 Å². The zero-order valence-corrected chi connectivity index (χ0v) is 11.1. The molecular formula is C15H10OS2. The lowest BCUT2D eigenvalue weighted by atomic mass is 10.2. The van der Waals surface area contributed by atoms with Crippen molar-refractivity contribution in [2.24, 2.45) is 0 Å². The van der Waals surface area contributed by atoms with Crippen molar-refractivity contribution in [3.05, 3.63) is 59.5 Å². The predicted octanol–water partition coefficient (Wildman–Crippen LogP) is 4.96. The maximum Gasteiger partial charge on any atom is 0.160 e. The zero-order chi connectivity index (χ0) is 12.4. The summed E-state index contributed by atoms with van der Waals surface area (Å²) in [7, 11) is 0. The van der Waals surface area contributed by atoms with Crippen molar-refractivity contribution in [3.63, 3.8) is 0 Å². The predicted molar refractivity (Wildman–Crippen MR) is 78.5 cm³/mol. The number of carbonyl (C=O) groups excluding carboxylic acids is 1. The van der Waals surface area contributed by atoms with Crippen LogP contribution in [-0.4, -0.2) is 6.29 Å². The number of aldehydes is 1. The first-order valence-electron chi connectivity index (χ1n) is 5.57. The topological polar surface area (TPSA) is 17.1 Å². The molecule has 0 spiro atoms. The van der Waals surface area contributed by atoms with Gasteiger partial charge in [-0.2, -0.15) is 0 Å². The molecule has 0 unspecified atom stereocenters. The first-order chi connectivity index (χ1) is 8.86. The average Bonchev–Trinajstić information content (AvgIpc) is 3.08. The summed E-state index contributed by atoms with van der Waals surface area (Å²) in [6.07, 6.45) is 0.903. The molecule has 0 fully saturated rings. The smallest absolute Gasteiger partial charge is 0.160 e. The number of hydrogen-bond donors (Lipinski definition) is 0. The van der Waals surface area contributed by atoms with Crippen LogP contribution in [0.15, 0.2) is 54.6 Å². The van der Waals surface area contributed by atoms with E-state index in [4.69, 9.17) is 0 Å². The Bertz CT molecular complexity index is 665. The van der Waals surface area contributed by atoms with E-state index in [2.05, 4.69) is 24.3 Å². The molecule has 2 heterocycles. The molecule has 0 bridgehead atoms. The molecule has 2 aromatic heterocycles. The van der Waals surface area contributed by atoms with Crippen molar-refractivity contribution in [2.75, 3.05) is 0 Å². The minimum atomic E-state index is 0.777. The van der Waals surface area contributed by atoms with Crippen LogP contribution in [0.25, 0.3) is 20.2 Å². The van der Waals surface area contributed by atoms with Gasteiger partial charge in [-0.3, -0.25) is 4.79 Å². The molecule has 1 aromatic carbocycles. The summed E-state index contributed by atoms with van der Waals surface area (Å²) in [6, 6.07) is 18.5. The van der Waals surface area contributed by atoms with Gasteiger partial charge in [0, 0.05) is 14.6 Å². The molecule has 18 heavy (non-hydrogen) atoms. The maximum absolute atomic E-state index is 10.7. The van der Waals surface area contributed by atoms with Crippen LogP contribution < -0.4 is 0 Å². The van der Waals surface area contributed by atoms with Crippen molar-refractivity contribution < 1.29 is 4.79 Å². The molecule has 0 amide bonds. The molecule has 1 nitrogen and oxygen atoms in total. The summed E-state index contributed by atoms with van der Waals surface area (Å²) in [4.78, 5) is 15.1. The number of benzene rings is 1. The van der Waals surface area contributed by atoms with E-state index in [0.29, 0.717) is 0 Å². The molecule has 0 N–H and O–H groups in total. The summed E-state index contributed by atoms with van der Waals surface area (Å²) >= 11 is 3.29. The Balaban J connectivity index is 1.96. The van der Waals surface area contributed by atoms with Crippen LogP contribution in [-0.2, 0) is 0 Å². The van der Waals surface area contributed by atoms with Crippen LogP contribution in [0.5, 0.6) is 0 Å². The highest BCUT2D eigenvalue weighted by Crippen LogP contribution is 2.37. The lowest BCUT2D eigenvalue weighted by Gasteiger charge is -1.94. The monoisotopic (exact) mass is 270 g/mol. The molecule has 0 saturated carbocycles. The fourth-order valence-electron chi connectivity index (χ4n) is 1.78. The second kappa shape index (κ2) is 4.88. The number of carbonyl (C=O) groups is 1. The van der Waals surface area contributed by atoms with Gasteiger partial charge < -0.3 is 0 Å². The Morgan fingerprint density at radius 2 is 1.39 bits per heavy atom. The lowest BCUT2D eigenvalue weighted by molar-refractivity contribution is 0.112. The molecule has 0 radical (unpaired) electrons. The third kappa shape index (κ3) is 2.15. The minimum Gasteiger partial charge on any atom is -0.297 e. The number of hydrogen-bond acceptors (Lipinski definition) is 3. The van der Waals surface area contributed by atoms with Gasteiger partial charge in [0.2, 0.25) is 0 Å². The summed E-state index contributed by atoms with van der Waals surface area (Å²) in [5.74, 6) is 0. The van der Waals surface area contributed by atoms with Crippen LogP contribution in [0.2, 0.25) is 0 Å². The Morgan fingerprint density at radius 3 is 2.11 bits per heavy atom. The third-order valence-electron chi connectivity index (χ3n) is 2.65. The molecular weight excluding hydrogens is 260 g/mol. The van der Waals surface area contributed by atoms with Crippen molar-refractivity contribution in [1.29, 1.82) is 0 Å². The van der Waals surface area contributed by atoms with Gasteiger partial charge in [0.15, 0.2) is 6.29 Å². The first kappa shape index (κ1) is 11.4. The van der Waals surface area contributed by atoms with Gasteiger partial charge in [-0.25, -0.2) is 0 Å². The fraction of sp³-hybridized carbons (Fsp3) is 0. The highest BCUT2D eigenvalue weighted by molar-refractivity contribution is 7.24. The molecule has 0 aliphatic heterocycles.